The van der Waals surface area contributed by atoms with E-state index in [1.807, 2.05) is 42.5 Å². The first-order chi connectivity index (χ1) is 13.1. The Morgan fingerprint density at radius 2 is 1.70 bits per heavy atom. The maximum absolute atomic E-state index is 12.5. The first-order valence-corrected chi connectivity index (χ1v) is 8.47. The van der Waals surface area contributed by atoms with Gasteiger partial charge in [0.05, 0.1) is 7.11 Å². The Morgan fingerprint density at radius 1 is 0.926 bits per heavy atom. The van der Waals surface area contributed by atoms with E-state index in [2.05, 4.69) is 0 Å². The minimum absolute atomic E-state index is 0.0236. The molecule has 132 valence electrons. The molecule has 0 amide bonds. The molecule has 0 aliphatic carbocycles. The van der Waals surface area contributed by atoms with Gasteiger partial charge in [-0.05, 0) is 52.7 Å². The number of fused-ring (bicyclic) bond motifs is 2. The highest BCUT2D eigenvalue weighted by Gasteiger charge is 2.11. The highest BCUT2D eigenvalue weighted by molar-refractivity contribution is 6.08. The fraction of sp³-hybridized carbons (Fsp3) is 0.0435. The van der Waals surface area contributed by atoms with Crippen LogP contribution in [0.3, 0.4) is 0 Å². The Bertz CT molecular complexity index is 1250. The van der Waals surface area contributed by atoms with Gasteiger partial charge in [-0.2, -0.15) is 0 Å². The van der Waals surface area contributed by atoms with Crippen molar-refractivity contribution >= 4 is 33.6 Å². The number of methoxy groups -OCH3 is 1. The van der Waals surface area contributed by atoms with E-state index < -0.39 is 5.63 Å². The maximum atomic E-state index is 12.5. The number of para-hydroxylation sites is 1. The van der Waals surface area contributed by atoms with Crippen LogP contribution in [0.4, 0.5) is 0 Å². The van der Waals surface area contributed by atoms with Gasteiger partial charge in [-0.3, -0.25) is 4.79 Å². The Morgan fingerprint density at radius 3 is 2.56 bits per heavy atom. The quantitative estimate of drug-likeness (QED) is 0.298. The molecule has 0 unspecified atom stereocenters. The lowest BCUT2D eigenvalue weighted by Crippen LogP contribution is -2.11. The van der Waals surface area contributed by atoms with Crippen LogP contribution in [0.2, 0.25) is 0 Å². The zero-order valence-corrected chi connectivity index (χ0v) is 14.6. The fourth-order valence-electron chi connectivity index (χ4n) is 2.97. The molecule has 0 radical (unpaired) electrons. The van der Waals surface area contributed by atoms with Crippen LogP contribution in [0.1, 0.15) is 15.9 Å². The lowest BCUT2D eigenvalue weighted by molar-refractivity contribution is 0.104. The molecule has 0 aliphatic rings. The Kier molecular flexibility index (Phi) is 4.30. The lowest BCUT2D eigenvalue weighted by Gasteiger charge is -2.03. The third kappa shape index (κ3) is 3.37. The molecule has 4 aromatic rings. The van der Waals surface area contributed by atoms with Gasteiger partial charge < -0.3 is 9.15 Å². The predicted molar refractivity (Wildman–Crippen MR) is 106 cm³/mol. The zero-order chi connectivity index (χ0) is 18.8. The van der Waals surface area contributed by atoms with E-state index in [9.17, 15) is 9.59 Å². The van der Waals surface area contributed by atoms with E-state index >= 15 is 0 Å². The van der Waals surface area contributed by atoms with Crippen molar-refractivity contribution in [2.24, 2.45) is 0 Å². The molecule has 0 bridgehead atoms. The molecule has 0 saturated heterocycles. The Balaban J connectivity index is 1.64. The normalized spacial score (nSPS) is 11.3. The smallest absolute Gasteiger partial charge is 0.347 e. The number of ether oxygens (including phenoxy) is 1. The van der Waals surface area contributed by atoms with E-state index in [1.54, 1.807) is 37.5 Å². The van der Waals surface area contributed by atoms with Gasteiger partial charge in [0.25, 0.3) is 0 Å². The number of rotatable bonds is 4. The summed E-state index contributed by atoms with van der Waals surface area (Å²) < 4.78 is 10.4. The molecule has 4 heteroatoms. The van der Waals surface area contributed by atoms with Crippen molar-refractivity contribution < 1.29 is 13.9 Å². The van der Waals surface area contributed by atoms with E-state index in [1.165, 1.54) is 6.08 Å². The molecular formula is C23H16O4. The second-order valence-electron chi connectivity index (χ2n) is 6.16. The number of allylic oxidation sites excluding steroid dienone is 1. The number of ketones is 1. The number of carbonyl (C=O) groups is 1. The summed E-state index contributed by atoms with van der Waals surface area (Å²) in [5, 5.41) is 2.80. The summed E-state index contributed by atoms with van der Waals surface area (Å²) >= 11 is 0. The number of hydrogen-bond donors (Lipinski definition) is 0. The van der Waals surface area contributed by atoms with Gasteiger partial charge >= 0.3 is 5.63 Å². The molecule has 1 heterocycles. The molecule has 4 rings (SSSR count). The largest absolute Gasteiger partial charge is 0.497 e. The molecule has 0 saturated carbocycles. The minimum Gasteiger partial charge on any atom is -0.497 e. The average Bonchev–Trinajstić information content (AvgIpc) is 2.70. The fourth-order valence-corrected chi connectivity index (χ4v) is 2.97. The van der Waals surface area contributed by atoms with Crippen LogP contribution >= 0.6 is 0 Å². The SMILES string of the molecule is COc1ccc2cc(/C=C/C(=O)c3cc4ccccc4oc3=O)ccc2c1. The summed E-state index contributed by atoms with van der Waals surface area (Å²) in [5.74, 6) is 0.410. The van der Waals surface area contributed by atoms with Crippen LogP contribution in [-0.2, 0) is 0 Å². The number of hydrogen-bond acceptors (Lipinski definition) is 4. The monoisotopic (exact) mass is 356 g/mol. The molecule has 0 N–H and O–H groups in total. The number of carbonyl (C=O) groups excluding carboxylic acids is 1. The van der Waals surface area contributed by atoms with Crippen LogP contribution in [0, 0.1) is 0 Å². The van der Waals surface area contributed by atoms with Crippen LogP contribution in [0.5, 0.6) is 5.75 Å². The van der Waals surface area contributed by atoms with E-state index in [-0.39, 0.29) is 11.3 Å². The van der Waals surface area contributed by atoms with Crippen LogP contribution in [0.15, 0.2) is 82.0 Å². The molecule has 0 atom stereocenters. The summed E-state index contributed by atoms with van der Waals surface area (Å²) in [4.78, 5) is 24.6. The Labute approximate surface area is 155 Å². The Hall–Kier alpha value is -3.66. The van der Waals surface area contributed by atoms with Gasteiger partial charge in [0.2, 0.25) is 0 Å². The summed E-state index contributed by atoms with van der Waals surface area (Å²) in [7, 11) is 1.63. The predicted octanol–water partition coefficient (Wildman–Crippen LogP) is 4.85. The van der Waals surface area contributed by atoms with E-state index in [0.29, 0.717) is 11.0 Å². The second kappa shape index (κ2) is 6.92. The molecule has 0 spiro atoms. The van der Waals surface area contributed by atoms with Crippen LogP contribution in [0.25, 0.3) is 27.8 Å². The van der Waals surface area contributed by atoms with Gasteiger partial charge in [-0.1, -0.05) is 42.5 Å². The van der Waals surface area contributed by atoms with Crippen molar-refractivity contribution in [3.8, 4) is 5.75 Å². The molecule has 3 aromatic carbocycles. The molecule has 0 fully saturated rings. The molecular weight excluding hydrogens is 340 g/mol. The highest BCUT2D eigenvalue weighted by Crippen LogP contribution is 2.22. The topological polar surface area (TPSA) is 56.5 Å². The van der Waals surface area contributed by atoms with Gasteiger partial charge in [-0.25, -0.2) is 4.79 Å². The van der Waals surface area contributed by atoms with Gasteiger partial charge in [0.15, 0.2) is 5.78 Å². The second-order valence-corrected chi connectivity index (χ2v) is 6.16. The molecule has 0 aliphatic heterocycles. The first kappa shape index (κ1) is 16.8. The molecule has 1 aromatic heterocycles. The van der Waals surface area contributed by atoms with Crippen molar-refractivity contribution in [2.45, 2.75) is 0 Å². The summed E-state index contributed by atoms with van der Waals surface area (Å²) in [6.45, 7) is 0. The zero-order valence-electron chi connectivity index (χ0n) is 14.6. The number of benzene rings is 3. The van der Waals surface area contributed by atoms with Crippen molar-refractivity contribution in [3.63, 3.8) is 0 Å². The summed E-state index contributed by atoms with van der Waals surface area (Å²) in [6.07, 6.45) is 3.09. The van der Waals surface area contributed by atoms with Crippen molar-refractivity contribution in [2.75, 3.05) is 7.11 Å². The van der Waals surface area contributed by atoms with Gasteiger partial charge in [-0.15, -0.1) is 0 Å². The van der Waals surface area contributed by atoms with Gasteiger partial charge in [0.1, 0.15) is 16.9 Å². The third-order valence-corrected chi connectivity index (χ3v) is 4.41. The van der Waals surface area contributed by atoms with Crippen molar-refractivity contribution in [3.05, 3.63) is 94.4 Å². The first-order valence-electron chi connectivity index (χ1n) is 8.47. The minimum atomic E-state index is -0.631. The average molecular weight is 356 g/mol. The van der Waals surface area contributed by atoms with Crippen molar-refractivity contribution in [1.82, 2.24) is 0 Å². The van der Waals surface area contributed by atoms with Crippen LogP contribution in [-0.4, -0.2) is 12.9 Å². The standard InChI is InChI=1S/C23H16O4/c1-26-19-10-9-16-12-15(6-8-17(16)13-19)7-11-21(24)20-14-18-4-2-3-5-22(18)27-23(20)25/h2-14H,1H3/b11-7+. The van der Waals surface area contributed by atoms with E-state index in [4.69, 9.17) is 9.15 Å². The van der Waals surface area contributed by atoms with Gasteiger partial charge in [0, 0.05) is 5.39 Å². The van der Waals surface area contributed by atoms with E-state index in [0.717, 1.165) is 22.1 Å². The lowest BCUT2D eigenvalue weighted by atomic mass is 10.1. The summed E-state index contributed by atoms with van der Waals surface area (Å²) in [6, 6.07) is 20.3. The highest BCUT2D eigenvalue weighted by atomic mass is 16.5. The third-order valence-electron chi connectivity index (χ3n) is 4.41. The molecule has 27 heavy (non-hydrogen) atoms. The summed E-state index contributed by atoms with van der Waals surface area (Å²) in [5.41, 5.74) is 0.726. The maximum Gasteiger partial charge on any atom is 0.347 e. The molecule has 4 nitrogen and oxygen atoms in total. The van der Waals surface area contributed by atoms with Crippen molar-refractivity contribution in [1.29, 1.82) is 0 Å². The van der Waals surface area contributed by atoms with Crippen LogP contribution < -0.4 is 10.4 Å².